The molecule has 0 aromatic carbocycles. The van der Waals surface area contributed by atoms with Crippen molar-refractivity contribution in [1.29, 1.82) is 0 Å². The highest BCUT2D eigenvalue weighted by molar-refractivity contribution is 4.82. The molecule has 0 heterocycles. The number of unbranched alkanes of at least 4 members (excludes halogenated alkanes) is 24. The zero-order chi connectivity index (χ0) is 34.6. The van der Waals surface area contributed by atoms with Gasteiger partial charge in [0.15, 0.2) is 5.79 Å². The van der Waals surface area contributed by atoms with Crippen molar-refractivity contribution in [3.8, 4) is 0 Å². The molecular formula is C43H86BrNO3. The summed E-state index contributed by atoms with van der Waals surface area (Å²) < 4.78 is 12.9. The van der Waals surface area contributed by atoms with Crippen LogP contribution in [0.4, 0.5) is 0 Å². The number of ether oxygens (including phenoxy) is 2. The Hall–Kier alpha value is -0.200. The van der Waals surface area contributed by atoms with E-state index in [2.05, 4.69) is 45.1 Å². The van der Waals surface area contributed by atoms with E-state index in [0.29, 0.717) is 6.54 Å². The Morgan fingerprint density at radius 2 is 0.750 bits per heavy atom. The number of nitrogens with zero attached hydrogens (tertiary/aromatic N) is 1. The summed E-state index contributed by atoms with van der Waals surface area (Å²) in [5, 5.41) is 10.3. The molecular weight excluding hydrogens is 658 g/mol. The summed E-state index contributed by atoms with van der Waals surface area (Å²) >= 11 is 0. The lowest BCUT2D eigenvalue weighted by atomic mass is 10.1. The summed E-state index contributed by atoms with van der Waals surface area (Å²) in [5.74, 6) is -0.568. The van der Waals surface area contributed by atoms with Gasteiger partial charge in [0, 0.05) is 0 Å². The lowest BCUT2D eigenvalue weighted by molar-refractivity contribution is -1.07. The van der Waals surface area contributed by atoms with Gasteiger partial charge in [0.1, 0.15) is 6.54 Å². The van der Waals surface area contributed by atoms with Gasteiger partial charge in [-0.3, -0.25) is 0 Å². The molecule has 0 amide bonds. The second kappa shape index (κ2) is 38.0. The second-order valence-electron chi connectivity index (χ2n) is 14.9. The molecule has 0 saturated carbocycles. The molecule has 0 aliphatic rings. The van der Waals surface area contributed by atoms with E-state index < -0.39 is 5.79 Å². The Kier molecular flexibility index (Phi) is 39.6. The van der Waals surface area contributed by atoms with E-state index in [1.54, 1.807) is 0 Å². The van der Waals surface area contributed by atoms with Gasteiger partial charge < -0.3 is 26.5 Å². The molecule has 0 rings (SSSR count). The Labute approximate surface area is 312 Å². The van der Waals surface area contributed by atoms with Crippen molar-refractivity contribution in [2.45, 2.75) is 219 Å². The molecule has 0 aromatic heterocycles. The molecule has 4 nitrogen and oxygen atoms in total. The minimum atomic E-state index is -0.568. The second-order valence-corrected chi connectivity index (χ2v) is 14.9. The van der Waals surface area contributed by atoms with Crippen LogP contribution < -0.4 is 17.0 Å². The average molecular weight is 745 g/mol. The maximum absolute atomic E-state index is 10.3. The molecule has 0 aliphatic carbocycles. The molecule has 0 fully saturated rings. The van der Waals surface area contributed by atoms with E-state index in [4.69, 9.17) is 9.47 Å². The van der Waals surface area contributed by atoms with Gasteiger partial charge in [-0.25, -0.2) is 5.21 Å². The van der Waals surface area contributed by atoms with E-state index in [9.17, 15) is 5.21 Å². The van der Waals surface area contributed by atoms with Crippen LogP contribution in [0.1, 0.15) is 213 Å². The molecule has 1 N–H and O–H groups in total. The molecule has 0 unspecified atom stereocenters. The van der Waals surface area contributed by atoms with Crippen molar-refractivity contribution < 1.29 is 36.3 Å². The predicted molar refractivity (Wildman–Crippen MR) is 207 cm³/mol. The molecule has 0 radical (unpaired) electrons. The van der Waals surface area contributed by atoms with Gasteiger partial charge >= 0.3 is 0 Å². The van der Waals surface area contributed by atoms with E-state index in [1.165, 1.54) is 167 Å². The molecule has 0 atom stereocenters. The fourth-order valence-electron chi connectivity index (χ4n) is 6.23. The van der Waals surface area contributed by atoms with Crippen LogP contribution in [0.25, 0.3) is 0 Å². The summed E-state index contributed by atoms with van der Waals surface area (Å²) in [4.78, 5) is 0. The summed E-state index contributed by atoms with van der Waals surface area (Å²) in [7, 11) is 3.66. The van der Waals surface area contributed by atoms with Crippen LogP contribution in [0.3, 0.4) is 0 Å². The first kappa shape index (κ1) is 49.9. The molecule has 0 bridgehead atoms. The monoisotopic (exact) mass is 744 g/mol. The Bertz CT molecular complexity index is 631. The average Bonchev–Trinajstić information content (AvgIpc) is 3.05. The van der Waals surface area contributed by atoms with Crippen LogP contribution in [0.2, 0.25) is 0 Å². The maximum Gasteiger partial charge on any atom is 0.173 e. The van der Waals surface area contributed by atoms with Crippen molar-refractivity contribution in [2.24, 2.45) is 0 Å². The number of hydrogen-bond donors (Lipinski definition) is 1. The van der Waals surface area contributed by atoms with E-state index in [0.717, 1.165) is 38.9 Å². The normalized spacial score (nSPS) is 12.5. The van der Waals surface area contributed by atoms with E-state index in [1.807, 2.05) is 14.1 Å². The van der Waals surface area contributed by atoms with Crippen LogP contribution in [0.5, 0.6) is 0 Å². The number of quaternary nitrogens is 1. The van der Waals surface area contributed by atoms with Crippen LogP contribution in [-0.2, 0) is 9.47 Å². The standard InChI is InChI=1S/C43H86NO3.BrH/c1-6-9-11-13-15-17-19-21-23-25-27-29-31-33-35-37-41-46-43(8-3,39-40-44(4,5)45)47-42-38-36-34-32-30-28-26-24-22-20-18-16-14-12-10-7-2;/h21-24,45H,6-20,25-42H2,1-5H3;1H/q+1;/p-1/b23-21-,24-22-;. The third-order valence-electron chi connectivity index (χ3n) is 9.62. The van der Waals surface area contributed by atoms with Crippen LogP contribution >= 0.6 is 0 Å². The molecule has 48 heavy (non-hydrogen) atoms. The zero-order valence-corrected chi connectivity index (χ0v) is 34.8. The highest BCUT2D eigenvalue weighted by Gasteiger charge is 2.33. The van der Waals surface area contributed by atoms with Gasteiger partial charge in [0.2, 0.25) is 0 Å². The molecule has 288 valence electrons. The van der Waals surface area contributed by atoms with Crippen molar-refractivity contribution in [3.63, 3.8) is 0 Å². The fraction of sp³-hybridized carbons (Fsp3) is 0.907. The van der Waals surface area contributed by atoms with Crippen LogP contribution in [0, 0.1) is 0 Å². The quantitative estimate of drug-likeness (QED) is 0.0225. The van der Waals surface area contributed by atoms with Crippen LogP contribution in [0.15, 0.2) is 24.3 Å². The minimum Gasteiger partial charge on any atom is -1.00 e. The summed E-state index contributed by atoms with van der Waals surface area (Å²) in [6, 6.07) is 0. The molecule has 0 aliphatic heterocycles. The Morgan fingerprint density at radius 3 is 1.04 bits per heavy atom. The molecule has 0 saturated heterocycles. The van der Waals surface area contributed by atoms with Crippen molar-refractivity contribution in [1.82, 2.24) is 0 Å². The summed E-state index contributed by atoms with van der Waals surface area (Å²) in [6.45, 7) is 8.87. The lowest BCUT2D eigenvalue weighted by Crippen LogP contribution is -3.00. The van der Waals surface area contributed by atoms with Gasteiger partial charge in [-0.05, 0) is 70.6 Å². The predicted octanol–water partition coefficient (Wildman–Crippen LogP) is 11.1. The summed E-state index contributed by atoms with van der Waals surface area (Å²) in [5.41, 5.74) is 0. The van der Waals surface area contributed by atoms with Gasteiger partial charge in [-0.15, -0.1) is 0 Å². The first-order valence-electron chi connectivity index (χ1n) is 21.0. The topological polar surface area (TPSA) is 38.7 Å². The third kappa shape index (κ3) is 37.1. The molecule has 5 heteroatoms. The van der Waals surface area contributed by atoms with E-state index in [-0.39, 0.29) is 21.6 Å². The number of hydrogen-bond acceptors (Lipinski definition) is 3. The smallest absolute Gasteiger partial charge is 0.173 e. The first-order valence-corrected chi connectivity index (χ1v) is 21.0. The number of hydroxylamine groups is 3. The SMILES string of the molecule is CCCCCCCC/C=C\CCCCCCCCOC(CC)(CC[N+](C)(C)O)OCCCCCCCC/C=C\CCCCCCCC.[Br-]. The van der Waals surface area contributed by atoms with Crippen molar-refractivity contribution >= 4 is 0 Å². The lowest BCUT2D eigenvalue weighted by Gasteiger charge is -2.34. The summed E-state index contributed by atoms with van der Waals surface area (Å²) in [6.07, 6.45) is 48.1. The highest BCUT2D eigenvalue weighted by atomic mass is 79.9. The minimum absolute atomic E-state index is 0. The Morgan fingerprint density at radius 1 is 0.458 bits per heavy atom. The third-order valence-corrected chi connectivity index (χ3v) is 9.62. The van der Waals surface area contributed by atoms with Gasteiger partial charge in [0.25, 0.3) is 0 Å². The molecule has 0 aromatic rings. The zero-order valence-electron chi connectivity index (χ0n) is 33.2. The first-order chi connectivity index (χ1) is 22.9. The number of halogens is 1. The van der Waals surface area contributed by atoms with E-state index >= 15 is 0 Å². The number of allylic oxidation sites excluding steroid dienone is 4. The van der Waals surface area contributed by atoms with Gasteiger partial charge in [-0.1, -0.05) is 161 Å². The molecule has 0 spiro atoms. The van der Waals surface area contributed by atoms with Gasteiger partial charge in [-0.2, -0.15) is 4.65 Å². The maximum atomic E-state index is 10.3. The van der Waals surface area contributed by atoms with Crippen molar-refractivity contribution in [3.05, 3.63) is 24.3 Å². The largest absolute Gasteiger partial charge is 1.00 e. The van der Waals surface area contributed by atoms with Crippen LogP contribution in [-0.4, -0.2) is 49.5 Å². The van der Waals surface area contributed by atoms with Crippen molar-refractivity contribution in [2.75, 3.05) is 33.9 Å². The highest BCUT2D eigenvalue weighted by Crippen LogP contribution is 2.25. The van der Waals surface area contributed by atoms with Gasteiger partial charge in [0.05, 0.1) is 33.7 Å². The fourth-order valence-corrected chi connectivity index (χ4v) is 6.23. The number of rotatable bonds is 38. The Balaban J connectivity index is 0.